The van der Waals surface area contributed by atoms with E-state index in [1.165, 1.54) is 20.1 Å². The number of methoxy groups -OCH3 is 1. The maximum absolute atomic E-state index is 12.7. The number of Topliss-reactive ketones (excluding diaryl/α,β-unsaturated/α-hetero) is 1. The summed E-state index contributed by atoms with van der Waals surface area (Å²) in [4.78, 5) is 11.3. The Morgan fingerprint density at radius 2 is 1.87 bits per heavy atom. The number of hydrogen-bond donors (Lipinski definition) is 1. The molecule has 0 heterocycles. The van der Waals surface area contributed by atoms with E-state index in [-0.39, 0.29) is 22.8 Å². The quantitative estimate of drug-likeness (QED) is 0.882. The fraction of sp³-hybridized carbons (Fsp3) is 0.235. The van der Waals surface area contributed by atoms with Crippen molar-refractivity contribution in [1.29, 1.82) is 0 Å². The monoisotopic (exact) mass is 333 g/mol. The van der Waals surface area contributed by atoms with Crippen molar-refractivity contribution in [2.75, 3.05) is 11.8 Å². The largest absolute Gasteiger partial charge is 0.495 e. The van der Waals surface area contributed by atoms with Gasteiger partial charge in [-0.1, -0.05) is 24.3 Å². The third-order valence-corrected chi connectivity index (χ3v) is 4.75. The minimum Gasteiger partial charge on any atom is -0.495 e. The van der Waals surface area contributed by atoms with E-state index < -0.39 is 10.0 Å². The highest BCUT2D eigenvalue weighted by Crippen LogP contribution is 2.28. The van der Waals surface area contributed by atoms with Crippen LogP contribution in [0.5, 0.6) is 5.75 Å². The molecule has 0 unspecified atom stereocenters. The van der Waals surface area contributed by atoms with Crippen LogP contribution in [-0.2, 0) is 21.2 Å². The fourth-order valence-corrected chi connectivity index (χ4v) is 3.57. The number of rotatable bonds is 6. The number of anilines is 1. The van der Waals surface area contributed by atoms with Gasteiger partial charge in [-0.15, -0.1) is 0 Å². The van der Waals surface area contributed by atoms with Crippen molar-refractivity contribution in [2.45, 2.75) is 25.2 Å². The maximum Gasteiger partial charge on any atom is 0.265 e. The topological polar surface area (TPSA) is 72.5 Å². The third kappa shape index (κ3) is 4.10. The second-order valence-corrected chi connectivity index (χ2v) is 6.94. The van der Waals surface area contributed by atoms with Crippen molar-refractivity contribution in [2.24, 2.45) is 0 Å². The molecule has 122 valence electrons. The fourth-order valence-electron chi connectivity index (χ4n) is 2.22. The highest BCUT2D eigenvalue weighted by Gasteiger charge is 2.21. The molecule has 2 rings (SSSR count). The molecule has 0 radical (unpaired) electrons. The van der Waals surface area contributed by atoms with Crippen molar-refractivity contribution >= 4 is 21.5 Å². The lowest BCUT2D eigenvalue weighted by atomic mass is 10.1. The van der Waals surface area contributed by atoms with Gasteiger partial charge in [0.1, 0.15) is 16.4 Å². The Balaban J connectivity index is 2.45. The molecular weight excluding hydrogens is 314 g/mol. The molecule has 0 aromatic heterocycles. The van der Waals surface area contributed by atoms with Crippen LogP contribution in [0.4, 0.5) is 5.69 Å². The molecular formula is C17H19NO4S. The zero-order chi connectivity index (χ0) is 17.0. The smallest absolute Gasteiger partial charge is 0.265 e. The van der Waals surface area contributed by atoms with Gasteiger partial charge in [0.15, 0.2) is 0 Å². The van der Waals surface area contributed by atoms with E-state index in [0.717, 1.165) is 5.56 Å². The Bertz CT molecular complexity index is 828. The number of benzene rings is 2. The van der Waals surface area contributed by atoms with E-state index in [0.29, 0.717) is 11.3 Å². The van der Waals surface area contributed by atoms with E-state index in [4.69, 9.17) is 4.74 Å². The molecule has 5 nitrogen and oxygen atoms in total. The number of aryl methyl sites for hydroxylation is 1. The summed E-state index contributed by atoms with van der Waals surface area (Å²) in [6.07, 6.45) is 0.177. The summed E-state index contributed by atoms with van der Waals surface area (Å²) in [5.74, 6) is 0.198. The lowest BCUT2D eigenvalue weighted by Gasteiger charge is -2.14. The first-order chi connectivity index (χ1) is 10.8. The van der Waals surface area contributed by atoms with Gasteiger partial charge in [0.05, 0.1) is 12.8 Å². The van der Waals surface area contributed by atoms with Crippen LogP contribution in [0.3, 0.4) is 0 Å². The molecule has 1 N–H and O–H groups in total. The highest BCUT2D eigenvalue weighted by atomic mass is 32.2. The van der Waals surface area contributed by atoms with Gasteiger partial charge >= 0.3 is 0 Å². The van der Waals surface area contributed by atoms with Gasteiger partial charge in [0.2, 0.25) is 0 Å². The zero-order valence-electron chi connectivity index (χ0n) is 13.3. The molecule has 0 saturated heterocycles. The van der Waals surface area contributed by atoms with Gasteiger partial charge in [-0.3, -0.25) is 9.52 Å². The van der Waals surface area contributed by atoms with Crippen LogP contribution in [0.15, 0.2) is 47.4 Å². The number of sulfonamides is 1. The SMILES string of the molecule is COc1ccc(CC(C)=O)cc1S(=O)(=O)Nc1ccccc1C. The van der Waals surface area contributed by atoms with Gasteiger partial charge in [-0.2, -0.15) is 0 Å². The van der Waals surface area contributed by atoms with E-state index in [1.807, 2.05) is 19.1 Å². The van der Waals surface area contributed by atoms with Gasteiger partial charge < -0.3 is 4.74 Å². The van der Waals surface area contributed by atoms with E-state index in [9.17, 15) is 13.2 Å². The average Bonchev–Trinajstić information content (AvgIpc) is 2.49. The predicted octanol–water partition coefficient (Wildman–Crippen LogP) is 2.94. The summed E-state index contributed by atoms with van der Waals surface area (Å²) < 4.78 is 33.1. The lowest BCUT2D eigenvalue weighted by molar-refractivity contribution is -0.116. The Morgan fingerprint density at radius 3 is 2.48 bits per heavy atom. The molecule has 0 saturated carbocycles. The number of carbonyl (C=O) groups is 1. The van der Waals surface area contributed by atoms with Crippen LogP contribution in [0, 0.1) is 6.92 Å². The van der Waals surface area contributed by atoms with Crippen LogP contribution in [0.2, 0.25) is 0 Å². The minimum absolute atomic E-state index is 0.0157. The Labute approximate surface area is 136 Å². The Hall–Kier alpha value is -2.34. The first-order valence-corrected chi connectivity index (χ1v) is 8.56. The molecule has 0 aliphatic rings. The second-order valence-electron chi connectivity index (χ2n) is 5.28. The van der Waals surface area contributed by atoms with Crippen LogP contribution in [-0.4, -0.2) is 21.3 Å². The van der Waals surface area contributed by atoms with E-state index in [1.54, 1.807) is 24.3 Å². The molecule has 0 aliphatic carbocycles. The first kappa shape index (κ1) is 17.0. The number of carbonyl (C=O) groups excluding carboxylic acids is 1. The van der Waals surface area contributed by atoms with Crippen molar-refractivity contribution < 1.29 is 17.9 Å². The number of para-hydroxylation sites is 1. The number of ketones is 1. The van der Waals surface area contributed by atoms with E-state index in [2.05, 4.69) is 4.72 Å². The number of nitrogens with one attached hydrogen (secondary N) is 1. The van der Waals surface area contributed by atoms with Crippen molar-refractivity contribution in [3.8, 4) is 5.75 Å². The first-order valence-electron chi connectivity index (χ1n) is 7.08. The highest BCUT2D eigenvalue weighted by molar-refractivity contribution is 7.92. The van der Waals surface area contributed by atoms with Gasteiger partial charge in [-0.05, 0) is 43.2 Å². The van der Waals surface area contributed by atoms with Crippen LogP contribution in [0.25, 0.3) is 0 Å². The van der Waals surface area contributed by atoms with Crippen LogP contribution >= 0.6 is 0 Å². The normalized spacial score (nSPS) is 11.1. The van der Waals surface area contributed by atoms with E-state index >= 15 is 0 Å². The summed E-state index contributed by atoms with van der Waals surface area (Å²) in [6.45, 7) is 3.28. The van der Waals surface area contributed by atoms with Crippen molar-refractivity contribution in [3.05, 3.63) is 53.6 Å². The summed E-state index contributed by atoms with van der Waals surface area (Å²) >= 11 is 0. The van der Waals surface area contributed by atoms with Gasteiger partial charge in [-0.25, -0.2) is 8.42 Å². The molecule has 0 aliphatic heterocycles. The molecule has 0 spiro atoms. The number of ether oxygens (including phenoxy) is 1. The maximum atomic E-state index is 12.7. The molecule has 0 fully saturated rings. The molecule has 2 aromatic carbocycles. The standard InChI is InChI=1S/C17H19NO4S/c1-12-6-4-5-7-15(12)18-23(20,21)17-11-14(10-13(2)19)8-9-16(17)22-3/h4-9,11,18H,10H2,1-3H3. The molecule has 2 aromatic rings. The summed E-state index contributed by atoms with van der Waals surface area (Å²) in [5, 5.41) is 0. The molecule has 0 amide bonds. The third-order valence-electron chi connectivity index (χ3n) is 3.36. The summed E-state index contributed by atoms with van der Waals surface area (Å²) in [5.41, 5.74) is 1.95. The molecule has 0 bridgehead atoms. The van der Waals surface area contributed by atoms with Crippen molar-refractivity contribution in [1.82, 2.24) is 0 Å². The Kier molecular flexibility index (Phi) is 5.05. The summed E-state index contributed by atoms with van der Waals surface area (Å²) in [6, 6.07) is 11.8. The minimum atomic E-state index is -3.82. The molecule has 23 heavy (non-hydrogen) atoms. The van der Waals surface area contributed by atoms with Crippen molar-refractivity contribution in [3.63, 3.8) is 0 Å². The molecule has 0 atom stereocenters. The molecule has 6 heteroatoms. The average molecular weight is 333 g/mol. The second kappa shape index (κ2) is 6.83. The number of hydrogen-bond acceptors (Lipinski definition) is 4. The van der Waals surface area contributed by atoms with Crippen LogP contribution < -0.4 is 9.46 Å². The van der Waals surface area contributed by atoms with Gasteiger partial charge in [0.25, 0.3) is 10.0 Å². The van der Waals surface area contributed by atoms with Gasteiger partial charge in [0, 0.05) is 6.42 Å². The Morgan fingerprint density at radius 1 is 1.17 bits per heavy atom. The zero-order valence-corrected chi connectivity index (χ0v) is 14.1. The van der Waals surface area contributed by atoms with Crippen LogP contribution in [0.1, 0.15) is 18.1 Å². The summed E-state index contributed by atoms with van der Waals surface area (Å²) in [7, 11) is -2.41. The lowest BCUT2D eigenvalue weighted by Crippen LogP contribution is -2.15. The predicted molar refractivity (Wildman–Crippen MR) is 89.4 cm³/mol.